The molecule has 4 rings (SSSR count). The third-order valence-electron chi connectivity index (χ3n) is 5.77. The summed E-state index contributed by atoms with van der Waals surface area (Å²) in [5.74, 6) is 0.0872. The summed E-state index contributed by atoms with van der Waals surface area (Å²) < 4.78 is 16.0. The minimum atomic E-state index is -0.916. The number of fused-ring (bicyclic) bond motifs is 1. The maximum absolute atomic E-state index is 12.6. The predicted octanol–water partition coefficient (Wildman–Crippen LogP) is 3.17. The smallest absolute Gasteiger partial charge is 0.309 e. The third kappa shape index (κ3) is 5.57. The average Bonchev–Trinajstić information content (AvgIpc) is 3.30. The molecule has 33 heavy (non-hydrogen) atoms. The maximum atomic E-state index is 12.6. The molecule has 2 aliphatic heterocycles. The fourth-order valence-corrected chi connectivity index (χ4v) is 3.93. The number of rotatable bonds is 6. The van der Waals surface area contributed by atoms with Crippen LogP contribution in [0.1, 0.15) is 35.7 Å². The highest BCUT2D eigenvalue weighted by atomic mass is 35.5. The molecule has 1 saturated heterocycles. The summed E-state index contributed by atoms with van der Waals surface area (Å²) >= 11 is 5.88. The van der Waals surface area contributed by atoms with Gasteiger partial charge in [0.1, 0.15) is 0 Å². The van der Waals surface area contributed by atoms with Crippen LogP contribution < -0.4 is 14.8 Å². The number of likely N-dealkylation sites (tertiary alicyclic amines) is 1. The van der Waals surface area contributed by atoms with Crippen molar-refractivity contribution in [2.45, 2.75) is 32.4 Å². The number of nitrogens with one attached hydrogen (secondary N) is 1. The van der Waals surface area contributed by atoms with Crippen LogP contribution in [-0.4, -0.2) is 48.7 Å². The van der Waals surface area contributed by atoms with E-state index in [4.69, 9.17) is 25.8 Å². The van der Waals surface area contributed by atoms with Gasteiger partial charge in [0.25, 0.3) is 11.8 Å². The number of hydrogen-bond donors (Lipinski definition) is 1. The number of piperidine rings is 1. The first kappa shape index (κ1) is 22.9. The van der Waals surface area contributed by atoms with Crippen molar-refractivity contribution in [2.75, 3.05) is 19.9 Å². The van der Waals surface area contributed by atoms with E-state index in [2.05, 4.69) is 5.32 Å². The maximum Gasteiger partial charge on any atom is 0.309 e. The lowest BCUT2D eigenvalue weighted by molar-refractivity contribution is -0.160. The largest absolute Gasteiger partial charge is 0.454 e. The quantitative estimate of drug-likeness (QED) is 0.649. The summed E-state index contributed by atoms with van der Waals surface area (Å²) in [6, 6.07) is 12.2. The van der Waals surface area contributed by atoms with E-state index in [1.807, 2.05) is 6.07 Å². The first-order chi connectivity index (χ1) is 15.9. The zero-order chi connectivity index (χ0) is 23.4. The Morgan fingerprint density at radius 3 is 2.52 bits per heavy atom. The van der Waals surface area contributed by atoms with Crippen molar-refractivity contribution in [3.8, 4) is 11.5 Å². The van der Waals surface area contributed by atoms with Gasteiger partial charge in [0.15, 0.2) is 17.6 Å². The van der Waals surface area contributed by atoms with Crippen molar-refractivity contribution in [1.82, 2.24) is 10.2 Å². The SMILES string of the molecule is C[C@H](OC(=O)C1CCN(C(=O)c2ccc(Cl)cc2)CC1)C(=O)NCc1ccc2c(c1)OCO2. The van der Waals surface area contributed by atoms with Gasteiger partial charge in [0.05, 0.1) is 5.92 Å². The van der Waals surface area contributed by atoms with Crippen LogP contribution in [0.25, 0.3) is 0 Å². The third-order valence-corrected chi connectivity index (χ3v) is 6.02. The Hall–Kier alpha value is -3.26. The van der Waals surface area contributed by atoms with Crippen LogP contribution in [0.5, 0.6) is 11.5 Å². The van der Waals surface area contributed by atoms with Crippen molar-refractivity contribution >= 4 is 29.4 Å². The molecule has 0 bridgehead atoms. The number of hydrogen-bond acceptors (Lipinski definition) is 6. The van der Waals surface area contributed by atoms with Crippen molar-refractivity contribution in [3.05, 3.63) is 58.6 Å². The van der Waals surface area contributed by atoms with Crippen LogP contribution in [0.2, 0.25) is 5.02 Å². The summed E-state index contributed by atoms with van der Waals surface area (Å²) in [7, 11) is 0. The topological polar surface area (TPSA) is 94.2 Å². The Labute approximate surface area is 196 Å². The predicted molar refractivity (Wildman–Crippen MR) is 120 cm³/mol. The number of ether oxygens (including phenoxy) is 3. The molecule has 1 N–H and O–H groups in total. The molecule has 0 saturated carbocycles. The first-order valence-corrected chi connectivity index (χ1v) is 11.2. The van der Waals surface area contributed by atoms with Crippen LogP contribution >= 0.6 is 11.6 Å². The molecule has 0 unspecified atom stereocenters. The first-order valence-electron chi connectivity index (χ1n) is 10.8. The lowest BCUT2D eigenvalue weighted by Crippen LogP contribution is -2.42. The van der Waals surface area contributed by atoms with Gasteiger partial charge in [-0.15, -0.1) is 0 Å². The molecule has 9 heteroatoms. The second-order valence-electron chi connectivity index (χ2n) is 8.06. The Kier molecular flexibility index (Phi) is 7.03. The Morgan fingerprint density at radius 2 is 1.79 bits per heavy atom. The van der Waals surface area contributed by atoms with E-state index >= 15 is 0 Å². The van der Waals surface area contributed by atoms with Crippen LogP contribution in [0.15, 0.2) is 42.5 Å². The average molecular weight is 473 g/mol. The summed E-state index contributed by atoms with van der Waals surface area (Å²) in [5, 5.41) is 3.34. The summed E-state index contributed by atoms with van der Waals surface area (Å²) in [6.45, 7) is 2.92. The molecule has 0 radical (unpaired) electrons. The Morgan fingerprint density at radius 1 is 1.09 bits per heavy atom. The van der Waals surface area contributed by atoms with E-state index in [-0.39, 0.29) is 31.1 Å². The molecule has 0 aromatic heterocycles. The molecule has 2 aliphatic rings. The number of carbonyl (C=O) groups excluding carboxylic acids is 3. The lowest BCUT2D eigenvalue weighted by Gasteiger charge is -2.31. The van der Waals surface area contributed by atoms with Crippen LogP contribution in [0, 0.1) is 5.92 Å². The van der Waals surface area contributed by atoms with Crippen molar-refractivity contribution in [3.63, 3.8) is 0 Å². The van der Waals surface area contributed by atoms with Gasteiger partial charge in [0.2, 0.25) is 6.79 Å². The fraction of sp³-hybridized carbons (Fsp3) is 0.375. The van der Waals surface area contributed by atoms with Crippen molar-refractivity contribution in [2.24, 2.45) is 5.92 Å². The van der Waals surface area contributed by atoms with E-state index in [1.54, 1.807) is 48.2 Å². The molecule has 2 aromatic rings. The standard InChI is InChI=1S/C24H25ClN2O6/c1-15(22(28)26-13-16-2-7-20-21(12-16)32-14-31-20)33-24(30)18-8-10-27(11-9-18)23(29)17-3-5-19(25)6-4-17/h2-7,12,15,18H,8-11,13-14H2,1H3,(H,26,28)/t15-/m0/s1. The second-order valence-corrected chi connectivity index (χ2v) is 8.49. The van der Waals surface area contributed by atoms with Gasteiger partial charge in [-0.2, -0.15) is 0 Å². The fourth-order valence-electron chi connectivity index (χ4n) is 3.80. The van der Waals surface area contributed by atoms with Gasteiger partial charge in [-0.1, -0.05) is 17.7 Å². The molecular weight excluding hydrogens is 448 g/mol. The molecule has 174 valence electrons. The molecule has 1 atom stereocenters. The highest BCUT2D eigenvalue weighted by Crippen LogP contribution is 2.32. The Balaban J connectivity index is 1.21. The van der Waals surface area contributed by atoms with E-state index in [1.165, 1.54) is 0 Å². The van der Waals surface area contributed by atoms with Gasteiger partial charge < -0.3 is 24.4 Å². The van der Waals surface area contributed by atoms with E-state index in [0.29, 0.717) is 48.0 Å². The minimum Gasteiger partial charge on any atom is -0.454 e. The van der Waals surface area contributed by atoms with Gasteiger partial charge >= 0.3 is 5.97 Å². The molecular formula is C24H25ClN2O6. The number of esters is 1. The zero-order valence-corrected chi connectivity index (χ0v) is 19.0. The normalized spacial score (nSPS) is 16.2. The van der Waals surface area contributed by atoms with Gasteiger partial charge in [-0.3, -0.25) is 14.4 Å². The highest BCUT2D eigenvalue weighted by molar-refractivity contribution is 6.30. The van der Waals surface area contributed by atoms with Crippen LogP contribution in [0.4, 0.5) is 0 Å². The monoisotopic (exact) mass is 472 g/mol. The molecule has 2 amide bonds. The minimum absolute atomic E-state index is 0.0882. The molecule has 8 nitrogen and oxygen atoms in total. The van der Waals surface area contributed by atoms with Crippen molar-refractivity contribution in [1.29, 1.82) is 0 Å². The molecule has 0 aliphatic carbocycles. The number of carbonyl (C=O) groups is 3. The van der Waals surface area contributed by atoms with E-state index in [0.717, 1.165) is 5.56 Å². The van der Waals surface area contributed by atoms with Crippen LogP contribution in [0.3, 0.4) is 0 Å². The van der Waals surface area contributed by atoms with Gasteiger partial charge in [0, 0.05) is 30.2 Å². The molecule has 0 spiro atoms. The molecule has 2 aromatic carbocycles. The second kappa shape index (κ2) is 10.1. The number of nitrogens with zero attached hydrogens (tertiary/aromatic N) is 1. The lowest BCUT2D eigenvalue weighted by atomic mass is 9.96. The molecule has 2 heterocycles. The summed E-state index contributed by atoms with van der Waals surface area (Å²) in [4.78, 5) is 39.3. The molecule has 1 fully saturated rings. The Bertz CT molecular complexity index is 1030. The van der Waals surface area contributed by atoms with Crippen LogP contribution in [-0.2, 0) is 20.9 Å². The van der Waals surface area contributed by atoms with E-state index < -0.39 is 12.1 Å². The van der Waals surface area contributed by atoms with Crippen molar-refractivity contribution < 1.29 is 28.6 Å². The highest BCUT2D eigenvalue weighted by Gasteiger charge is 2.30. The number of halogens is 1. The number of amides is 2. The summed E-state index contributed by atoms with van der Waals surface area (Å²) in [6.07, 6.45) is 0.0631. The zero-order valence-electron chi connectivity index (χ0n) is 18.2. The van der Waals surface area contributed by atoms with E-state index in [9.17, 15) is 14.4 Å². The number of benzene rings is 2. The summed E-state index contributed by atoms with van der Waals surface area (Å²) in [5.41, 5.74) is 1.41. The van der Waals surface area contributed by atoms with Gasteiger partial charge in [-0.25, -0.2) is 0 Å². The van der Waals surface area contributed by atoms with Gasteiger partial charge in [-0.05, 0) is 61.7 Å².